The molecular weight excluding hydrogens is 521 g/mol. The molecule has 2 fully saturated rings. The summed E-state index contributed by atoms with van der Waals surface area (Å²) in [4.78, 5) is 3.29. The molecule has 2 aliphatic rings. The van der Waals surface area contributed by atoms with Crippen LogP contribution in [0.25, 0.3) is 10.1 Å². The number of benzene rings is 2. The van der Waals surface area contributed by atoms with Gasteiger partial charge < -0.3 is 20.3 Å². The monoisotopic (exact) mass is 555 g/mol. The van der Waals surface area contributed by atoms with Crippen molar-refractivity contribution in [3.63, 3.8) is 0 Å². The third kappa shape index (κ3) is 5.78. The van der Waals surface area contributed by atoms with Crippen LogP contribution in [0, 0.1) is 17.7 Å². The summed E-state index contributed by atoms with van der Waals surface area (Å²) < 4.78 is 44.5. The summed E-state index contributed by atoms with van der Waals surface area (Å²) in [6.45, 7) is 4.77. The van der Waals surface area contributed by atoms with Gasteiger partial charge in [0.15, 0.2) is 9.84 Å². The molecule has 0 radical (unpaired) electrons. The van der Waals surface area contributed by atoms with Gasteiger partial charge in [0.2, 0.25) is 0 Å². The highest BCUT2D eigenvalue weighted by atomic mass is 32.2. The molecule has 1 aliphatic heterocycles. The molecule has 1 aromatic heterocycles. The van der Waals surface area contributed by atoms with Gasteiger partial charge in [-0.15, -0.1) is 11.3 Å². The van der Waals surface area contributed by atoms with Gasteiger partial charge >= 0.3 is 0 Å². The lowest BCUT2D eigenvalue weighted by Gasteiger charge is -2.33. The molecule has 5 rings (SSSR count). The molecule has 0 unspecified atom stereocenters. The van der Waals surface area contributed by atoms with Gasteiger partial charge in [-0.05, 0) is 49.1 Å². The number of nitrogens with one attached hydrogen (secondary N) is 2. The summed E-state index contributed by atoms with van der Waals surface area (Å²) in [6, 6.07) is 10.1. The molecule has 0 bridgehead atoms. The number of fused-ring (bicyclic) bond motifs is 1. The number of thiophene rings is 1. The highest BCUT2D eigenvalue weighted by molar-refractivity contribution is 7.90. The third-order valence-electron chi connectivity index (χ3n) is 7.35. The first kappa shape index (κ1) is 26.8. The Labute approximate surface area is 228 Å². The predicted octanol–water partition coefficient (Wildman–Crippen LogP) is 5.52. The van der Waals surface area contributed by atoms with Gasteiger partial charge in [0, 0.05) is 43.6 Å². The Morgan fingerprint density at radius 3 is 2.58 bits per heavy atom. The van der Waals surface area contributed by atoms with Crippen molar-refractivity contribution in [2.45, 2.75) is 56.0 Å². The van der Waals surface area contributed by atoms with Crippen molar-refractivity contribution in [2.75, 3.05) is 43.6 Å². The Morgan fingerprint density at radius 1 is 1.16 bits per heavy atom. The molecular formula is C29H34FN3O3S2. The van der Waals surface area contributed by atoms with Crippen molar-refractivity contribution in [2.24, 2.45) is 0 Å². The van der Waals surface area contributed by atoms with E-state index >= 15 is 0 Å². The maximum Gasteiger partial charge on any atom is 0.178 e. The summed E-state index contributed by atoms with van der Waals surface area (Å²) in [5, 5.41) is 8.13. The minimum Gasteiger partial charge on any atom is -0.495 e. The van der Waals surface area contributed by atoms with Gasteiger partial charge in [-0.25, -0.2) is 12.8 Å². The molecule has 9 heteroatoms. The molecule has 3 aromatic rings. The lowest BCUT2D eigenvalue weighted by atomic mass is 10.0. The number of likely N-dealkylation sites (tertiary alicyclic amines) is 1. The fourth-order valence-electron chi connectivity index (χ4n) is 5.19. The Bertz CT molecular complexity index is 1490. The van der Waals surface area contributed by atoms with Crippen LogP contribution in [0.5, 0.6) is 5.75 Å². The molecule has 38 heavy (non-hydrogen) atoms. The lowest BCUT2D eigenvalue weighted by molar-refractivity contribution is 0.210. The summed E-state index contributed by atoms with van der Waals surface area (Å²) in [6.07, 6.45) is 6.93. The number of halogens is 1. The van der Waals surface area contributed by atoms with Crippen molar-refractivity contribution in [1.82, 2.24) is 4.90 Å². The molecule has 6 nitrogen and oxygen atoms in total. The van der Waals surface area contributed by atoms with Crippen LogP contribution >= 0.6 is 11.3 Å². The second-order valence-electron chi connectivity index (χ2n) is 10.0. The average Bonchev–Trinajstić information content (AvgIpc) is 3.67. The average molecular weight is 556 g/mol. The van der Waals surface area contributed by atoms with E-state index in [-0.39, 0.29) is 17.2 Å². The molecule has 0 atom stereocenters. The van der Waals surface area contributed by atoms with Gasteiger partial charge in [0.05, 0.1) is 34.6 Å². The van der Waals surface area contributed by atoms with Crippen LogP contribution in [-0.2, 0) is 16.3 Å². The molecule has 1 aliphatic carbocycles. The van der Waals surface area contributed by atoms with Crippen molar-refractivity contribution < 1.29 is 17.5 Å². The first-order valence-corrected chi connectivity index (χ1v) is 15.8. The summed E-state index contributed by atoms with van der Waals surface area (Å²) in [5.41, 5.74) is 2.79. The minimum absolute atomic E-state index is 0.253. The number of aryl methyl sites for hydroxylation is 1. The topological polar surface area (TPSA) is 70.7 Å². The van der Waals surface area contributed by atoms with Crippen molar-refractivity contribution in [3.8, 4) is 17.6 Å². The SMILES string of the molecule is CCc1c(C#CCNc2cc(F)c(S(C)(=O)=O)cc2OC)sc2c(NC3CCN(C4CC4)CC3)cccc12. The molecule has 2 heterocycles. The smallest absolute Gasteiger partial charge is 0.178 e. The number of sulfone groups is 1. The van der Waals surface area contributed by atoms with Gasteiger partial charge in [0.25, 0.3) is 0 Å². The number of piperidine rings is 1. The molecule has 1 saturated heterocycles. The largest absolute Gasteiger partial charge is 0.495 e. The van der Waals surface area contributed by atoms with E-state index in [0.29, 0.717) is 11.7 Å². The fourth-order valence-corrected chi connectivity index (χ4v) is 7.17. The molecule has 1 saturated carbocycles. The molecule has 0 spiro atoms. The molecule has 0 amide bonds. The van der Waals surface area contributed by atoms with E-state index in [1.807, 2.05) is 0 Å². The van der Waals surface area contributed by atoms with E-state index in [1.165, 1.54) is 73.3 Å². The zero-order chi connectivity index (χ0) is 26.9. The second-order valence-corrected chi connectivity index (χ2v) is 13.0. The maximum atomic E-state index is 14.4. The fraction of sp³-hybridized carbons (Fsp3) is 0.448. The number of hydrogen-bond donors (Lipinski definition) is 2. The number of ether oxygens (including phenoxy) is 1. The van der Waals surface area contributed by atoms with Crippen molar-refractivity contribution in [3.05, 3.63) is 46.6 Å². The van der Waals surface area contributed by atoms with Crippen LogP contribution < -0.4 is 15.4 Å². The van der Waals surface area contributed by atoms with Crippen molar-refractivity contribution >= 4 is 42.6 Å². The zero-order valence-corrected chi connectivity index (χ0v) is 23.7. The van der Waals surface area contributed by atoms with E-state index in [4.69, 9.17) is 4.74 Å². The third-order valence-corrected chi connectivity index (χ3v) is 9.66. The Hall–Kier alpha value is -2.80. The van der Waals surface area contributed by atoms with Crippen LogP contribution in [0.15, 0.2) is 35.2 Å². The van der Waals surface area contributed by atoms with Crippen LogP contribution in [0.1, 0.15) is 43.0 Å². The van der Waals surface area contributed by atoms with E-state index in [1.54, 1.807) is 11.3 Å². The second kappa shape index (κ2) is 11.1. The van der Waals surface area contributed by atoms with E-state index < -0.39 is 15.7 Å². The van der Waals surface area contributed by atoms with Crippen molar-refractivity contribution in [1.29, 1.82) is 0 Å². The minimum atomic E-state index is -3.70. The summed E-state index contributed by atoms with van der Waals surface area (Å²) >= 11 is 1.71. The van der Waals surface area contributed by atoms with Crippen LogP contribution in [0.2, 0.25) is 0 Å². The standard InChI is InChI=1S/C29H34FN3O3S2/c1-4-21-22-7-5-8-24(32-19-12-15-33(16-13-19)20-10-11-20)29(22)37-27(21)9-6-14-31-25-17-23(30)28(38(3,34)35)18-26(25)36-2/h5,7-8,17-20,31-32H,4,10-16H2,1-3H3. The van der Waals surface area contributed by atoms with Gasteiger partial charge in [-0.3, -0.25) is 0 Å². The predicted molar refractivity (Wildman–Crippen MR) is 154 cm³/mol. The summed E-state index contributed by atoms with van der Waals surface area (Å²) in [7, 11) is -2.28. The van der Waals surface area contributed by atoms with Crippen LogP contribution in [0.4, 0.5) is 15.8 Å². The number of nitrogens with zero attached hydrogens (tertiary/aromatic N) is 1. The number of hydrogen-bond acceptors (Lipinski definition) is 7. The van der Waals surface area contributed by atoms with Gasteiger partial charge in [0.1, 0.15) is 16.5 Å². The Kier molecular flexibility index (Phi) is 7.85. The zero-order valence-electron chi connectivity index (χ0n) is 22.1. The highest BCUT2D eigenvalue weighted by Crippen LogP contribution is 2.38. The van der Waals surface area contributed by atoms with Gasteiger partial charge in [-0.1, -0.05) is 30.9 Å². The quantitative estimate of drug-likeness (QED) is 0.357. The molecule has 202 valence electrons. The number of anilines is 2. The summed E-state index contributed by atoms with van der Waals surface area (Å²) in [5.74, 6) is 5.89. The molecule has 2 aromatic carbocycles. The molecule has 2 N–H and O–H groups in total. The van der Waals surface area contributed by atoms with Crippen LogP contribution in [-0.4, -0.2) is 58.4 Å². The Balaban J connectivity index is 1.31. The highest BCUT2D eigenvalue weighted by Gasteiger charge is 2.31. The van der Waals surface area contributed by atoms with E-state index in [0.717, 1.165) is 29.7 Å². The maximum absolute atomic E-state index is 14.4. The lowest BCUT2D eigenvalue weighted by Crippen LogP contribution is -2.40. The number of methoxy groups -OCH3 is 1. The normalized spacial score (nSPS) is 16.7. The Morgan fingerprint density at radius 2 is 1.92 bits per heavy atom. The van der Waals surface area contributed by atoms with Crippen LogP contribution in [0.3, 0.4) is 0 Å². The van der Waals surface area contributed by atoms with Gasteiger partial charge in [-0.2, -0.15) is 0 Å². The first-order chi connectivity index (χ1) is 18.3. The number of rotatable bonds is 8. The van der Waals surface area contributed by atoms with E-state index in [9.17, 15) is 12.8 Å². The first-order valence-electron chi connectivity index (χ1n) is 13.1. The van der Waals surface area contributed by atoms with E-state index in [2.05, 4.69) is 52.5 Å².